The topological polar surface area (TPSA) is 63.6 Å². The summed E-state index contributed by atoms with van der Waals surface area (Å²) in [6.45, 7) is 1.98. The molecular formula is C10H14O4. The first-order valence-electron chi connectivity index (χ1n) is 4.36. The molecule has 0 aliphatic carbocycles. The van der Waals surface area contributed by atoms with Crippen LogP contribution in [0.15, 0.2) is 17.4 Å². The smallest absolute Gasteiger partial charge is 0.342 e. The lowest BCUT2D eigenvalue weighted by atomic mass is 10.2. The van der Waals surface area contributed by atoms with Crippen LogP contribution in [0.4, 0.5) is 0 Å². The van der Waals surface area contributed by atoms with Gasteiger partial charge >= 0.3 is 11.9 Å². The van der Waals surface area contributed by atoms with E-state index in [9.17, 15) is 9.59 Å². The number of hydrogen-bond donors (Lipinski definition) is 1. The summed E-state index contributed by atoms with van der Waals surface area (Å²) in [7, 11) is 1.21. The molecule has 14 heavy (non-hydrogen) atoms. The maximum atomic E-state index is 11.0. The first kappa shape index (κ1) is 12.5. The van der Waals surface area contributed by atoms with Crippen LogP contribution >= 0.6 is 0 Å². The Morgan fingerprint density at radius 2 is 2.14 bits per heavy atom. The van der Waals surface area contributed by atoms with E-state index < -0.39 is 11.9 Å². The zero-order chi connectivity index (χ0) is 11.0. The summed E-state index contributed by atoms with van der Waals surface area (Å²) in [6.07, 6.45) is 2.98. The van der Waals surface area contributed by atoms with E-state index in [1.807, 2.05) is 6.92 Å². The number of carbonyl (C=O) groups is 2. The molecule has 0 aromatic carbocycles. The van der Waals surface area contributed by atoms with Gasteiger partial charge in [-0.3, -0.25) is 4.79 Å². The minimum atomic E-state index is -1.07. The van der Waals surface area contributed by atoms with Crippen LogP contribution in [0.5, 0.6) is 0 Å². The van der Waals surface area contributed by atoms with Gasteiger partial charge in [0.25, 0.3) is 0 Å². The molecule has 0 heterocycles. The molecule has 0 aromatic rings. The highest BCUT2D eigenvalue weighted by atomic mass is 16.5. The molecule has 0 atom stereocenters. The molecule has 0 rings (SSSR count). The van der Waals surface area contributed by atoms with E-state index in [0.717, 1.165) is 12.8 Å². The molecule has 4 heteroatoms. The van der Waals surface area contributed by atoms with Crippen molar-refractivity contribution in [1.29, 1.82) is 0 Å². The largest absolute Gasteiger partial charge is 0.481 e. The molecule has 0 spiro atoms. The fraction of sp³-hybridized carbons (Fsp3) is 0.500. The molecular weight excluding hydrogens is 184 g/mol. The second kappa shape index (κ2) is 6.92. The van der Waals surface area contributed by atoms with E-state index in [0.29, 0.717) is 0 Å². The van der Waals surface area contributed by atoms with Crippen molar-refractivity contribution in [2.75, 3.05) is 7.11 Å². The van der Waals surface area contributed by atoms with Gasteiger partial charge in [-0.2, -0.15) is 0 Å². The van der Waals surface area contributed by atoms with Crippen LogP contribution in [0.1, 0.15) is 26.2 Å². The van der Waals surface area contributed by atoms with E-state index in [-0.39, 0.29) is 12.0 Å². The van der Waals surface area contributed by atoms with Crippen LogP contribution in [-0.2, 0) is 14.3 Å². The second-order valence-electron chi connectivity index (χ2n) is 2.68. The number of unbranched alkanes of at least 4 members (excludes halogenated alkanes) is 1. The molecule has 0 saturated carbocycles. The van der Waals surface area contributed by atoms with Crippen LogP contribution in [-0.4, -0.2) is 24.2 Å². The predicted molar refractivity (Wildman–Crippen MR) is 50.8 cm³/mol. The zero-order valence-electron chi connectivity index (χ0n) is 8.37. The van der Waals surface area contributed by atoms with Gasteiger partial charge in [-0.05, 0) is 12.5 Å². The molecule has 0 aliphatic rings. The molecule has 0 unspecified atom stereocenters. The normalized spacial score (nSPS) is 8.71. The van der Waals surface area contributed by atoms with Crippen molar-refractivity contribution >= 4 is 11.9 Å². The number of ether oxygens (including phenoxy) is 1. The number of carbonyl (C=O) groups excluding carboxylic acids is 1. The third-order valence-electron chi connectivity index (χ3n) is 1.47. The van der Waals surface area contributed by atoms with Crippen molar-refractivity contribution in [1.82, 2.24) is 0 Å². The van der Waals surface area contributed by atoms with Crippen LogP contribution in [0.3, 0.4) is 0 Å². The van der Waals surface area contributed by atoms with E-state index in [1.165, 1.54) is 7.11 Å². The summed E-state index contributed by atoms with van der Waals surface area (Å²) in [4.78, 5) is 21.4. The number of esters is 1. The molecule has 0 aromatic heterocycles. The van der Waals surface area contributed by atoms with Crippen molar-refractivity contribution in [3.05, 3.63) is 17.4 Å². The molecule has 0 bridgehead atoms. The molecule has 0 radical (unpaired) electrons. The highest BCUT2D eigenvalue weighted by molar-refractivity contribution is 5.93. The Kier molecular flexibility index (Phi) is 6.16. The number of hydrogen-bond acceptors (Lipinski definition) is 3. The van der Waals surface area contributed by atoms with Gasteiger partial charge in [-0.15, -0.1) is 5.73 Å². The van der Waals surface area contributed by atoms with Gasteiger partial charge < -0.3 is 9.84 Å². The van der Waals surface area contributed by atoms with E-state index in [4.69, 9.17) is 5.11 Å². The monoisotopic (exact) mass is 198 g/mol. The molecule has 1 N–H and O–H groups in total. The van der Waals surface area contributed by atoms with Crippen LogP contribution < -0.4 is 0 Å². The summed E-state index contributed by atoms with van der Waals surface area (Å²) in [5, 5.41) is 8.50. The average molecular weight is 198 g/mol. The SMILES string of the molecule is CCCC=C=C(CC(=O)O)C(=O)OC. The van der Waals surface area contributed by atoms with E-state index in [2.05, 4.69) is 10.5 Å². The van der Waals surface area contributed by atoms with Gasteiger partial charge in [0, 0.05) is 0 Å². The highest BCUT2D eigenvalue weighted by Crippen LogP contribution is 2.02. The first-order valence-corrected chi connectivity index (χ1v) is 4.36. The maximum Gasteiger partial charge on any atom is 0.342 e. The van der Waals surface area contributed by atoms with Gasteiger partial charge in [0.05, 0.1) is 19.1 Å². The standard InChI is InChI=1S/C10H14O4/c1-3-4-5-6-8(7-9(11)12)10(13)14-2/h5H,3-4,7H2,1-2H3,(H,11,12). The average Bonchev–Trinajstić information content (AvgIpc) is 2.15. The Bertz CT molecular complexity index is 272. The predicted octanol–water partition coefficient (Wildman–Crippen LogP) is 1.52. The van der Waals surface area contributed by atoms with Gasteiger partial charge in [0.1, 0.15) is 0 Å². The van der Waals surface area contributed by atoms with Gasteiger partial charge in [0.15, 0.2) is 0 Å². The summed E-state index contributed by atoms with van der Waals surface area (Å²) >= 11 is 0. The second-order valence-corrected chi connectivity index (χ2v) is 2.68. The summed E-state index contributed by atoms with van der Waals surface area (Å²) < 4.78 is 4.42. The lowest BCUT2D eigenvalue weighted by Gasteiger charge is -1.98. The van der Waals surface area contributed by atoms with Gasteiger partial charge in [0.2, 0.25) is 0 Å². The Labute approximate surface area is 82.9 Å². The summed E-state index contributed by atoms with van der Waals surface area (Å²) in [5.74, 6) is -1.71. The quantitative estimate of drug-likeness (QED) is 0.413. The molecule has 0 amide bonds. The van der Waals surface area contributed by atoms with Crippen molar-refractivity contribution in [2.45, 2.75) is 26.2 Å². The number of carboxylic acid groups (broad SMARTS) is 1. The van der Waals surface area contributed by atoms with Crippen molar-refractivity contribution < 1.29 is 19.4 Å². The minimum Gasteiger partial charge on any atom is -0.481 e. The summed E-state index contributed by atoms with van der Waals surface area (Å²) in [5.41, 5.74) is 2.69. The zero-order valence-corrected chi connectivity index (χ0v) is 8.37. The lowest BCUT2D eigenvalue weighted by Crippen LogP contribution is -2.08. The highest BCUT2D eigenvalue weighted by Gasteiger charge is 2.12. The first-order chi connectivity index (χ1) is 6.61. The third-order valence-corrected chi connectivity index (χ3v) is 1.47. The summed E-state index contributed by atoms with van der Waals surface area (Å²) in [6, 6.07) is 0. The number of aliphatic carboxylic acids is 1. The molecule has 0 saturated heterocycles. The molecule has 0 aliphatic heterocycles. The minimum absolute atomic E-state index is 0.0495. The number of rotatable bonds is 5. The van der Waals surface area contributed by atoms with Crippen LogP contribution in [0.2, 0.25) is 0 Å². The van der Waals surface area contributed by atoms with Crippen LogP contribution in [0.25, 0.3) is 0 Å². The fourth-order valence-corrected chi connectivity index (χ4v) is 0.796. The Balaban J connectivity index is 4.62. The molecule has 4 nitrogen and oxygen atoms in total. The van der Waals surface area contributed by atoms with Crippen LogP contribution in [0, 0.1) is 0 Å². The maximum absolute atomic E-state index is 11.0. The molecule has 0 fully saturated rings. The Morgan fingerprint density at radius 3 is 2.57 bits per heavy atom. The van der Waals surface area contributed by atoms with Crippen molar-refractivity contribution in [3.8, 4) is 0 Å². The lowest BCUT2D eigenvalue weighted by molar-refractivity contribution is -0.141. The van der Waals surface area contributed by atoms with Gasteiger partial charge in [-0.1, -0.05) is 13.3 Å². The molecule has 78 valence electrons. The van der Waals surface area contributed by atoms with E-state index >= 15 is 0 Å². The Morgan fingerprint density at radius 1 is 1.50 bits per heavy atom. The van der Waals surface area contributed by atoms with E-state index in [1.54, 1.807) is 6.08 Å². The number of carboxylic acids is 1. The Hall–Kier alpha value is -1.54. The fourth-order valence-electron chi connectivity index (χ4n) is 0.796. The van der Waals surface area contributed by atoms with Crippen molar-refractivity contribution in [3.63, 3.8) is 0 Å². The number of methoxy groups -OCH3 is 1. The van der Waals surface area contributed by atoms with Crippen molar-refractivity contribution in [2.24, 2.45) is 0 Å². The third kappa shape index (κ3) is 5.17. The van der Waals surface area contributed by atoms with Gasteiger partial charge in [-0.25, -0.2) is 4.79 Å².